The molecular formula is C20H10BrNO4S2. The molecule has 2 heterocycles. The van der Waals surface area contributed by atoms with Crippen molar-refractivity contribution in [2.45, 2.75) is 10.9 Å². The number of nitrogens with one attached hydrogen (secondary N) is 1. The van der Waals surface area contributed by atoms with Gasteiger partial charge in [-0.15, -0.1) is 0 Å². The largest absolute Gasteiger partial charge is 0.507 e. The first-order chi connectivity index (χ1) is 13.5. The van der Waals surface area contributed by atoms with Crippen LogP contribution in [0.25, 0.3) is 0 Å². The van der Waals surface area contributed by atoms with Crippen LogP contribution in [0.5, 0.6) is 5.75 Å². The first-order valence-corrected chi connectivity index (χ1v) is 10.7. The fourth-order valence-electron chi connectivity index (χ4n) is 3.61. The van der Waals surface area contributed by atoms with Crippen LogP contribution in [-0.2, 0) is 0 Å². The molecule has 8 heteroatoms. The first kappa shape index (κ1) is 17.7. The number of aromatic amines is 1. The Labute approximate surface area is 175 Å². The third kappa shape index (κ3) is 2.48. The van der Waals surface area contributed by atoms with Crippen molar-refractivity contribution in [3.63, 3.8) is 0 Å². The Morgan fingerprint density at radius 3 is 2.50 bits per heavy atom. The van der Waals surface area contributed by atoms with Crippen LogP contribution >= 0.6 is 39.0 Å². The van der Waals surface area contributed by atoms with Crippen LogP contribution in [0.15, 0.2) is 67.2 Å². The SMILES string of the molecule is O=C1C2=C(C(=O)c3c(O)cccc31)C(c1ccc(Br)cc1)c1sc(=O)[nH]c1S2. The van der Waals surface area contributed by atoms with E-state index < -0.39 is 5.92 Å². The molecule has 0 saturated heterocycles. The second kappa shape index (κ2) is 6.30. The molecular weight excluding hydrogens is 462 g/mol. The predicted molar refractivity (Wildman–Crippen MR) is 111 cm³/mol. The van der Waals surface area contributed by atoms with E-state index in [2.05, 4.69) is 20.9 Å². The molecule has 5 nitrogen and oxygen atoms in total. The number of aromatic hydroxyl groups is 1. The lowest BCUT2D eigenvalue weighted by Crippen LogP contribution is -2.27. The number of carbonyl (C=O) groups excluding carboxylic acids is 2. The molecule has 1 aromatic heterocycles. The number of phenolic OH excluding ortho intramolecular Hbond substituents is 1. The van der Waals surface area contributed by atoms with Gasteiger partial charge in [0.2, 0.25) is 5.78 Å². The maximum absolute atomic E-state index is 13.4. The fourth-order valence-corrected chi connectivity index (χ4v) is 6.15. The van der Waals surface area contributed by atoms with Gasteiger partial charge in [0.15, 0.2) is 5.78 Å². The number of ketones is 2. The number of allylic oxidation sites excluding steroid dienone is 2. The van der Waals surface area contributed by atoms with Crippen molar-refractivity contribution in [3.8, 4) is 5.75 Å². The summed E-state index contributed by atoms with van der Waals surface area (Å²) < 4.78 is 0.882. The normalized spacial score (nSPS) is 18.0. The number of hydrogen-bond donors (Lipinski definition) is 2. The van der Waals surface area contributed by atoms with Crippen molar-refractivity contribution in [2.75, 3.05) is 0 Å². The lowest BCUT2D eigenvalue weighted by Gasteiger charge is -2.30. The van der Waals surface area contributed by atoms with Crippen LogP contribution in [0.1, 0.15) is 37.1 Å². The third-order valence-corrected chi connectivity index (χ3v) is 7.55. The van der Waals surface area contributed by atoms with Crippen molar-refractivity contribution in [3.05, 3.63) is 88.7 Å². The maximum atomic E-state index is 13.4. The second-order valence-electron chi connectivity index (χ2n) is 6.40. The highest BCUT2D eigenvalue weighted by molar-refractivity contribution is 9.10. The molecule has 0 radical (unpaired) electrons. The van der Waals surface area contributed by atoms with E-state index in [1.165, 1.54) is 6.07 Å². The van der Waals surface area contributed by atoms with Gasteiger partial charge in [-0.1, -0.05) is 57.2 Å². The number of carbonyl (C=O) groups is 2. The van der Waals surface area contributed by atoms with Gasteiger partial charge in [-0.05, 0) is 29.8 Å². The Bertz CT molecular complexity index is 1270. The number of aromatic nitrogens is 1. The van der Waals surface area contributed by atoms with Gasteiger partial charge in [-0.2, -0.15) is 0 Å². The summed E-state index contributed by atoms with van der Waals surface area (Å²) in [5.41, 5.74) is 1.33. The molecule has 28 heavy (non-hydrogen) atoms. The molecule has 1 atom stereocenters. The summed E-state index contributed by atoms with van der Waals surface area (Å²) in [5.74, 6) is -1.46. The zero-order valence-electron chi connectivity index (χ0n) is 14.0. The van der Waals surface area contributed by atoms with E-state index in [0.717, 1.165) is 33.1 Å². The zero-order chi connectivity index (χ0) is 19.6. The summed E-state index contributed by atoms with van der Waals surface area (Å²) in [4.78, 5) is 42.2. The molecule has 1 unspecified atom stereocenters. The number of fused-ring (bicyclic) bond motifs is 2. The van der Waals surface area contributed by atoms with Crippen molar-refractivity contribution < 1.29 is 14.7 Å². The van der Waals surface area contributed by atoms with E-state index in [0.29, 0.717) is 20.4 Å². The Morgan fingerprint density at radius 2 is 1.75 bits per heavy atom. The molecule has 1 aliphatic carbocycles. The molecule has 2 aliphatic rings. The average Bonchev–Trinajstić information content (AvgIpc) is 3.05. The standard InChI is InChI=1S/C20H10BrNO4S2/c21-9-6-4-8(5-7-9)12-14-16(25)13-10(2-1-3-11(13)23)15(24)17(14)27-19-18(12)28-20(26)22-19/h1-7,12,23H,(H,22,26). The number of phenols is 1. The van der Waals surface area contributed by atoms with Gasteiger partial charge in [0.05, 0.1) is 26.3 Å². The minimum absolute atomic E-state index is 0.0281. The number of rotatable bonds is 1. The Balaban J connectivity index is 1.80. The smallest absolute Gasteiger partial charge is 0.305 e. The van der Waals surface area contributed by atoms with Crippen LogP contribution in [0.3, 0.4) is 0 Å². The number of thiazole rings is 1. The third-order valence-electron chi connectivity index (χ3n) is 4.81. The molecule has 3 aromatic rings. The van der Waals surface area contributed by atoms with E-state index in [9.17, 15) is 19.5 Å². The van der Waals surface area contributed by atoms with Crippen LogP contribution in [0.2, 0.25) is 0 Å². The Kier molecular flexibility index (Phi) is 3.97. The highest BCUT2D eigenvalue weighted by Crippen LogP contribution is 2.52. The first-order valence-electron chi connectivity index (χ1n) is 8.27. The molecule has 2 aromatic carbocycles. The van der Waals surface area contributed by atoms with Crippen molar-refractivity contribution in [1.82, 2.24) is 4.98 Å². The topological polar surface area (TPSA) is 87.2 Å². The number of thioether (sulfide) groups is 1. The van der Waals surface area contributed by atoms with Gasteiger partial charge in [-0.25, -0.2) is 0 Å². The average molecular weight is 472 g/mol. The van der Waals surface area contributed by atoms with Gasteiger partial charge in [0.25, 0.3) is 0 Å². The summed E-state index contributed by atoms with van der Waals surface area (Å²) in [6, 6.07) is 11.9. The lowest BCUT2D eigenvalue weighted by molar-refractivity contribution is 0.0974. The lowest BCUT2D eigenvalue weighted by atomic mass is 9.79. The quantitative estimate of drug-likeness (QED) is 0.546. The van der Waals surface area contributed by atoms with E-state index in [-0.39, 0.29) is 33.3 Å². The van der Waals surface area contributed by atoms with E-state index in [1.807, 2.05) is 24.3 Å². The van der Waals surface area contributed by atoms with Gasteiger partial charge in [0, 0.05) is 15.6 Å². The Morgan fingerprint density at radius 1 is 1.00 bits per heavy atom. The highest BCUT2D eigenvalue weighted by Gasteiger charge is 2.43. The molecule has 0 amide bonds. The van der Waals surface area contributed by atoms with Crippen LogP contribution in [0.4, 0.5) is 0 Å². The number of H-pyrrole nitrogens is 1. The van der Waals surface area contributed by atoms with E-state index in [4.69, 9.17) is 0 Å². The van der Waals surface area contributed by atoms with Crippen LogP contribution in [0, 0.1) is 0 Å². The second-order valence-corrected chi connectivity index (χ2v) is 9.35. The monoisotopic (exact) mass is 471 g/mol. The minimum Gasteiger partial charge on any atom is -0.507 e. The van der Waals surface area contributed by atoms with Crippen molar-refractivity contribution in [1.29, 1.82) is 0 Å². The van der Waals surface area contributed by atoms with E-state index in [1.54, 1.807) is 12.1 Å². The van der Waals surface area contributed by atoms with E-state index >= 15 is 0 Å². The molecule has 138 valence electrons. The van der Waals surface area contributed by atoms with Gasteiger partial charge in [-0.3, -0.25) is 14.4 Å². The predicted octanol–water partition coefficient (Wildman–Crippen LogP) is 4.48. The number of hydrogen-bond acceptors (Lipinski definition) is 6. The fraction of sp³-hybridized carbons (Fsp3) is 0.0500. The summed E-state index contributed by atoms with van der Waals surface area (Å²) in [7, 11) is 0. The number of Topliss-reactive ketones (excluding diaryl/α,β-unsaturated/α-hetero) is 2. The van der Waals surface area contributed by atoms with Crippen molar-refractivity contribution >= 4 is 50.6 Å². The summed E-state index contributed by atoms with van der Waals surface area (Å²) in [5, 5.41) is 10.9. The maximum Gasteiger partial charge on any atom is 0.305 e. The zero-order valence-corrected chi connectivity index (χ0v) is 17.2. The summed E-state index contributed by atoms with van der Waals surface area (Å²) in [6.07, 6.45) is 0. The van der Waals surface area contributed by atoms with Gasteiger partial charge < -0.3 is 10.1 Å². The molecule has 5 rings (SSSR count). The number of benzene rings is 2. The molecule has 1 aliphatic heterocycles. The molecule has 0 saturated carbocycles. The summed E-state index contributed by atoms with van der Waals surface area (Å²) >= 11 is 5.56. The molecule has 0 bridgehead atoms. The molecule has 0 fully saturated rings. The van der Waals surface area contributed by atoms with Gasteiger partial charge >= 0.3 is 4.87 Å². The van der Waals surface area contributed by atoms with Gasteiger partial charge in [0.1, 0.15) is 5.75 Å². The van der Waals surface area contributed by atoms with Crippen molar-refractivity contribution in [2.24, 2.45) is 0 Å². The van der Waals surface area contributed by atoms with Crippen LogP contribution in [-0.4, -0.2) is 21.7 Å². The molecule has 0 spiro atoms. The summed E-state index contributed by atoms with van der Waals surface area (Å²) in [6.45, 7) is 0. The van der Waals surface area contributed by atoms with Crippen LogP contribution < -0.4 is 4.87 Å². The minimum atomic E-state index is -0.549. The highest BCUT2D eigenvalue weighted by atomic mass is 79.9. The molecule has 2 N–H and O–H groups in total. The Hall–Kier alpha value is -2.42. The number of halogens is 1.